The van der Waals surface area contributed by atoms with Crippen LogP contribution in [0.5, 0.6) is 5.75 Å². The lowest BCUT2D eigenvalue weighted by Crippen LogP contribution is -2.41. The fourth-order valence-electron chi connectivity index (χ4n) is 7.81. The molecule has 1 aromatic carbocycles. The van der Waals surface area contributed by atoms with Crippen molar-refractivity contribution in [3.63, 3.8) is 0 Å². The summed E-state index contributed by atoms with van der Waals surface area (Å²) in [6, 6.07) is 11.9. The Hall–Kier alpha value is -4.95. The van der Waals surface area contributed by atoms with Crippen LogP contribution in [0.4, 0.5) is 16.4 Å². The third-order valence-electron chi connectivity index (χ3n) is 11.2. The highest BCUT2D eigenvalue weighted by molar-refractivity contribution is 5.97. The molecule has 5 heterocycles. The predicted octanol–water partition coefficient (Wildman–Crippen LogP) is 6.69. The maximum absolute atomic E-state index is 13.7. The number of nitrogens with zero attached hydrogens (tertiary/aromatic N) is 7. The van der Waals surface area contributed by atoms with Gasteiger partial charge in [-0.25, -0.2) is 4.79 Å². The number of hydrogen-bond acceptors (Lipinski definition) is 10. The minimum Gasteiger partial charge on any atom is -0.484 e. The van der Waals surface area contributed by atoms with Crippen LogP contribution >= 0.6 is 0 Å². The van der Waals surface area contributed by atoms with Gasteiger partial charge in [0.25, 0.3) is 0 Å². The molecule has 14 nitrogen and oxygen atoms in total. The van der Waals surface area contributed by atoms with Gasteiger partial charge in [0, 0.05) is 62.7 Å². The molecule has 0 bridgehead atoms. The van der Waals surface area contributed by atoms with E-state index in [9.17, 15) is 4.79 Å². The van der Waals surface area contributed by atoms with E-state index in [0.717, 1.165) is 99.0 Å². The second-order valence-corrected chi connectivity index (χ2v) is 16.2. The molecule has 2 aliphatic heterocycles. The van der Waals surface area contributed by atoms with Crippen LogP contribution in [0.15, 0.2) is 66.9 Å². The number of allylic oxidation sites excluding steroid dienone is 1. The number of rotatable bonds is 12. The van der Waals surface area contributed by atoms with Crippen LogP contribution in [-0.2, 0) is 11.3 Å². The van der Waals surface area contributed by atoms with Crippen LogP contribution in [0.3, 0.4) is 0 Å². The first-order valence-corrected chi connectivity index (χ1v) is 19.8. The third-order valence-corrected chi connectivity index (χ3v) is 11.2. The van der Waals surface area contributed by atoms with Gasteiger partial charge in [0.1, 0.15) is 17.7 Å². The molecule has 2 amide bonds. The molecule has 0 radical (unpaired) electrons. The third kappa shape index (κ3) is 9.30. The van der Waals surface area contributed by atoms with E-state index in [2.05, 4.69) is 60.1 Å². The summed E-state index contributed by atoms with van der Waals surface area (Å²) in [5.74, 6) is 2.02. The number of likely N-dealkylation sites (tertiary alicyclic amines) is 1. The zero-order valence-corrected chi connectivity index (χ0v) is 32.9. The average Bonchev–Trinajstić information content (AvgIpc) is 3.81. The monoisotopic (exact) mass is 751 g/mol. The maximum Gasteiger partial charge on any atom is 0.320 e. The number of carbonyl (C=O) groups is 1. The highest BCUT2D eigenvalue weighted by Gasteiger charge is 2.30. The van der Waals surface area contributed by atoms with Gasteiger partial charge in [-0.15, -0.1) is 10.2 Å². The van der Waals surface area contributed by atoms with Gasteiger partial charge in [-0.3, -0.25) is 14.4 Å². The van der Waals surface area contributed by atoms with Crippen molar-refractivity contribution in [1.29, 1.82) is 5.41 Å². The summed E-state index contributed by atoms with van der Waals surface area (Å²) >= 11 is 0. The minimum atomic E-state index is -0.407. The van der Waals surface area contributed by atoms with Crippen LogP contribution in [0.25, 0.3) is 5.65 Å². The standard InChI is InChI=1S/C41H57N11O3/c1-28-10-8-9-19-51(28)40-48-47-38-16-13-31(27-52(38)40)55-35-15-14-34(32-11-6-7-12-33(32)35)45-39(53)46-37(24-36(42)41(2,3)4)44-29-25-43-50(26-29)23-22-49-20-17-30(54-5)18-21-49/h6-7,11-13,16,24-28,30,34-35,42,44H,8-10,14-15,17-23H2,1-5H3,(H2,45,46,53)/b37-24+,42-36?/t28-,34-,35+/m0/s1. The van der Waals surface area contributed by atoms with E-state index in [1.807, 2.05) is 66.5 Å². The molecule has 2 fully saturated rings. The minimum absolute atomic E-state index is 0.179. The van der Waals surface area contributed by atoms with Crippen molar-refractivity contribution in [3.8, 4) is 5.75 Å². The second kappa shape index (κ2) is 16.8. The average molecular weight is 752 g/mol. The van der Waals surface area contributed by atoms with Crippen molar-refractivity contribution in [2.45, 2.75) is 103 Å². The number of piperidine rings is 2. The summed E-state index contributed by atoms with van der Waals surface area (Å²) in [5, 5.41) is 31.8. The van der Waals surface area contributed by atoms with Gasteiger partial charge < -0.3 is 35.3 Å². The molecule has 4 N–H and O–H groups in total. The predicted molar refractivity (Wildman–Crippen MR) is 215 cm³/mol. The number of ether oxygens (including phenoxy) is 2. The normalized spacial score (nSPS) is 21.3. The number of urea groups is 1. The fraction of sp³-hybridized carbons (Fsp3) is 0.537. The number of aromatic nitrogens is 5. The highest BCUT2D eigenvalue weighted by Crippen LogP contribution is 2.39. The van der Waals surface area contributed by atoms with E-state index < -0.39 is 5.41 Å². The Bertz CT molecular complexity index is 1970. The van der Waals surface area contributed by atoms with E-state index in [4.69, 9.17) is 14.9 Å². The maximum atomic E-state index is 13.7. The van der Waals surface area contributed by atoms with Crippen molar-refractivity contribution in [2.75, 3.05) is 43.5 Å². The molecule has 55 heavy (non-hydrogen) atoms. The molecular formula is C41H57N11O3. The number of nitrogens with one attached hydrogen (secondary N) is 4. The first-order valence-electron chi connectivity index (χ1n) is 19.8. The zero-order chi connectivity index (χ0) is 38.5. The molecule has 14 heteroatoms. The summed E-state index contributed by atoms with van der Waals surface area (Å²) in [6.07, 6.45) is 14.6. The number of pyridine rings is 1. The Balaban J connectivity index is 1.00. The van der Waals surface area contributed by atoms with Crippen molar-refractivity contribution >= 4 is 29.0 Å². The topological polar surface area (TPSA) is 150 Å². The molecule has 1 aliphatic carbocycles. The highest BCUT2D eigenvalue weighted by atomic mass is 16.5. The summed E-state index contributed by atoms with van der Waals surface area (Å²) in [6.45, 7) is 12.9. The lowest BCUT2D eigenvalue weighted by atomic mass is 9.85. The smallest absolute Gasteiger partial charge is 0.320 e. The summed E-state index contributed by atoms with van der Waals surface area (Å²) in [4.78, 5) is 18.5. The summed E-state index contributed by atoms with van der Waals surface area (Å²) in [5.41, 5.74) is 3.57. The van der Waals surface area contributed by atoms with Crippen LogP contribution in [0, 0.1) is 10.8 Å². The van der Waals surface area contributed by atoms with E-state index in [1.54, 1.807) is 19.4 Å². The molecular weight excluding hydrogens is 695 g/mol. The number of amides is 2. The van der Waals surface area contributed by atoms with Gasteiger partial charge in [0.2, 0.25) is 5.95 Å². The van der Waals surface area contributed by atoms with Gasteiger partial charge in [0.05, 0.1) is 36.8 Å². The second-order valence-electron chi connectivity index (χ2n) is 16.2. The lowest BCUT2D eigenvalue weighted by Gasteiger charge is -2.33. The van der Waals surface area contributed by atoms with Gasteiger partial charge in [-0.1, -0.05) is 45.0 Å². The van der Waals surface area contributed by atoms with Crippen LogP contribution in [0.1, 0.15) is 95.9 Å². The van der Waals surface area contributed by atoms with Crippen molar-refractivity contribution in [3.05, 3.63) is 78.0 Å². The molecule has 3 aliphatic rings. The Labute approximate surface area is 324 Å². The van der Waals surface area contributed by atoms with Gasteiger partial charge in [-0.2, -0.15) is 5.10 Å². The van der Waals surface area contributed by atoms with Crippen LogP contribution in [-0.4, -0.2) is 86.5 Å². The van der Waals surface area contributed by atoms with Gasteiger partial charge >= 0.3 is 6.03 Å². The summed E-state index contributed by atoms with van der Waals surface area (Å²) in [7, 11) is 1.79. The first kappa shape index (κ1) is 38.3. The molecule has 0 spiro atoms. The molecule has 2 saturated heterocycles. The molecule has 7 rings (SSSR count). The van der Waals surface area contributed by atoms with E-state index >= 15 is 0 Å². The summed E-state index contributed by atoms with van der Waals surface area (Å²) < 4.78 is 16.1. The molecule has 294 valence electrons. The Morgan fingerprint density at radius 1 is 0.964 bits per heavy atom. The lowest BCUT2D eigenvalue weighted by molar-refractivity contribution is 0.0400. The molecule has 0 saturated carbocycles. The zero-order valence-electron chi connectivity index (χ0n) is 32.9. The number of hydrogen-bond donors (Lipinski definition) is 4. The number of anilines is 2. The number of methoxy groups -OCH3 is 1. The Morgan fingerprint density at radius 2 is 1.76 bits per heavy atom. The van der Waals surface area contributed by atoms with Crippen molar-refractivity contribution in [2.24, 2.45) is 5.41 Å². The van der Waals surface area contributed by atoms with Crippen LogP contribution < -0.4 is 25.6 Å². The van der Waals surface area contributed by atoms with Gasteiger partial charge in [0.15, 0.2) is 5.65 Å². The Kier molecular flexibility index (Phi) is 11.7. The number of benzene rings is 1. The molecule has 3 aromatic heterocycles. The first-order chi connectivity index (χ1) is 26.5. The molecule has 3 atom stereocenters. The quantitative estimate of drug-likeness (QED) is 0.116. The van der Waals surface area contributed by atoms with Crippen molar-refractivity contribution < 1.29 is 14.3 Å². The molecule has 0 unspecified atom stereocenters. The fourth-order valence-corrected chi connectivity index (χ4v) is 7.81. The molecule has 4 aromatic rings. The van der Waals surface area contributed by atoms with Crippen molar-refractivity contribution in [1.82, 2.24) is 39.9 Å². The van der Waals surface area contributed by atoms with E-state index in [1.165, 1.54) is 6.42 Å². The SMILES string of the molecule is COC1CCN(CCn2cc(N/C(=C\C(=N)C(C)(C)C)NC(=O)N[C@H]3CC[C@@H](Oc4ccc5nnc(N6CCCC[C@@H]6C)n5c4)c4ccccc43)cn2)CC1. The van der Waals surface area contributed by atoms with Crippen LogP contribution in [0.2, 0.25) is 0 Å². The number of fused-ring (bicyclic) bond motifs is 2. The number of carbonyl (C=O) groups excluding carboxylic acids is 1. The van der Waals surface area contributed by atoms with E-state index in [0.29, 0.717) is 30.1 Å². The van der Waals surface area contributed by atoms with E-state index in [-0.39, 0.29) is 18.2 Å². The van der Waals surface area contributed by atoms with Gasteiger partial charge in [-0.05, 0) is 75.1 Å². The largest absolute Gasteiger partial charge is 0.484 e. The Morgan fingerprint density at radius 3 is 2.53 bits per heavy atom.